The van der Waals surface area contributed by atoms with E-state index >= 15 is 0 Å². The molecule has 0 N–H and O–H groups in total. The van der Waals surface area contributed by atoms with Gasteiger partial charge in [-0.25, -0.2) is 0 Å². The monoisotopic (exact) mass is 502 g/mol. The van der Waals surface area contributed by atoms with Gasteiger partial charge in [-0.15, -0.1) is 0 Å². The molecule has 188 valence electrons. The molecular formula is C38H32N+. The summed E-state index contributed by atoms with van der Waals surface area (Å²) in [7, 11) is 0. The average molecular weight is 503 g/mol. The maximum atomic E-state index is 2.60. The lowest BCUT2D eigenvalue weighted by atomic mass is 9.88. The van der Waals surface area contributed by atoms with Crippen LogP contribution >= 0.6 is 0 Å². The molecule has 2 aliphatic heterocycles. The van der Waals surface area contributed by atoms with E-state index in [4.69, 9.17) is 0 Å². The van der Waals surface area contributed by atoms with Gasteiger partial charge in [-0.2, -0.15) is 4.57 Å². The second-order valence-corrected chi connectivity index (χ2v) is 12.1. The Balaban J connectivity index is 1.43. The topological polar surface area (TPSA) is 3.88 Å². The fourth-order valence-electron chi connectivity index (χ4n) is 6.82. The normalized spacial score (nSPS) is 13.5. The van der Waals surface area contributed by atoms with Gasteiger partial charge >= 0.3 is 0 Å². The molecule has 0 spiro atoms. The van der Waals surface area contributed by atoms with Gasteiger partial charge in [-0.1, -0.05) is 94.4 Å². The zero-order valence-corrected chi connectivity index (χ0v) is 23.0. The van der Waals surface area contributed by atoms with Gasteiger partial charge < -0.3 is 0 Å². The molecule has 0 atom stereocenters. The van der Waals surface area contributed by atoms with Gasteiger partial charge in [0.2, 0.25) is 17.4 Å². The Hall–Kier alpha value is -4.23. The lowest BCUT2D eigenvalue weighted by Gasteiger charge is -2.11. The number of fused-ring (bicyclic) bond motifs is 8. The average Bonchev–Trinajstić information content (AvgIpc) is 3.44. The fourth-order valence-corrected chi connectivity index (χ4v) is 6.82. The maximum Gasteiger partial charge on any atom is 0.215 e. The van der Waals surface area contributed by atoms with Gasteiger partial charge in [0.05, 0.1) is 11.1 Å². The maximum absolute atomic E-state index is 2.60. The summed E-state index contributed by atoms with van der Waals surface area (Å²) in [5.74, 6) is 1.03. The molecule has 8 rings (SSSR count). The first kappa shape index (κ1) is 22.7. The standard InChI is InChI=1S/C38H32N/c1-22(2)25-10-12-27-16-34-32(18-29(27)14-25)36-20-31(24-8-6-5-7-9-24)21-37-33-19-30-15-26(23(3)4)11-13-28(30)17-35(33)38(34)39(36)37/h5-23,38H,1-4H3/q+1. The largest absolute Gasteiger partial charge is 0.215 e. The number of aromatic nitrogens is 1. The predicted molar refractivity (Wildman–Crippen MR) is 163 cm³/mol. The quantitative estimate of drug-likeness (QED) is 0.212. The van der Waals surface area contributed by atoms with E-state index in [1.807, 2.05) is 0 Å². The van der Waals surface area contributed by atoms with Crippen LogP contribution in [0, 0.1) is 0 Å². The van der Waals surface area contributed by atoms with Crippen LogP contribution in [0.3, 0.4) is 0 Å². The third kappa shape index (κ3) is 3.29. The summed E-state index contributed by atoms with van der Waals surface area (Å²) >= 11 is 0. The van der Waals surface area contributed by atoms with Crippen LogP contribution in [0.1, 0.15) is 67.8 Å². The summed E-state index contributed by atoms with van der Waals surface area (Å²) in [5.41, 5.74) is 13.6. The Morgan fingerprint density at radius 3 is 1.49 bits per heavy atom. The van der Waals surface area contributed by atoms with Crippen molar-refractivity contribution in [2.45, 2.75) is 45.6 Å². The molecule has 0 fully saturated rings. The molecule has 1 aromatic heterocycles. The molecule has 6 aromatic rings. The van der Waals surface area contributed by atoms with Crippen molar-refractivity contribution in [2.75, 3.05) is 0 Å². The van der Waals surface area contributed by atoms with E-state index in [2.05, 4.69) is 135 Å². The Kier molecular flexibility index (Phi) is 4.74. The smallest absolute Gasteiger partial charge is 0.180 e. The van der Waals surface area contributed by atoms with Crippen LogP contribution in [0.15, 0.2) is 103 Å². The number of hydrogen-bond donors (Lipinski definition) is 0. The summed E-state index contributed by atoms with van der Waals surface area (Å²) in [6.45, 7) is 9.10. The van der Waals surface area contributed by atoms with Crippen LogP contribution < -0.4 is 4.57 Å². The van der Waals surface area contributed by atoms with E-state index in [9.17, 15) is 0 Å². The van der Waals surface area contributed by atoms with Crippen LogP contribution in [-0.2, 0) is 0 Å². The molecule has 5 aromatic carbocycles. The number of pyridine rings is 1. The first-order valence-electron chi connectivity index (χ1n) is 14.3. The second kappa shape index (κ2) is 8.13. The molecule has 2 aliphatic rings. The van der Waals surface area contributed by atoms with Crippen LogP contribution in [0.4, 0.5) is 0 Å². The minimum atomic E-state index is 0.216. The molecule has 3 heterocycles. The van der Waals surface area contributed by atoms with E-state index in [0.717, 1.165) is 0 Å². The molecular weight excluding hydrogens is 470 g/mol. The molecule has 0 amide bonds. The van der Waals surface area contributed by atoms with Crippen LogP contribution in [0.5, 0.6) is 0 Å². The lowest BCUT2D eigenvalue weighted by molar-refractivity contribution is -0.672. The molecule has 0 saturated carbocycles. The molecule has 39 heavy (non-hydrogen) atoms. The molecule has 1 nitrogen and oxygen atoms in total. The third-order valence-electron chi connectivity index (χ3n) is 9.01. The van der Waals surface area contributed by atoms with Gasteiger partial charge in [0, 0.05) is 23.3 Å². The van der Waals surface area contributed by atoms with Crippen molar-refractivity contribution in [1.82, 2.24) is 0 Å². The highest BCUT2D eigenvalue weighted by Crippen LogP contribution is 2.49. The van der Waals surface area contributed by atoms with Gasteiger partial charge in [0.15, 0.2) is 0 Å². The van der Waals surface area contributed by atoms with Crippen molar-refractivity contribution in [3.05, 3.63) is 125 Å². The van der Waals surface area contributed by atoms with Gasteiger partial charge in [-0.05, 0) is 79.9 Å². The summed E-state index contributed by atoms with van der Waals surface area (Å²) in [4.78, 5) is 0. The highest BCUT2D eigenvalue weighted by Gasteiger charge is 2.47. The zero-order valence-electron chi connectivity index (χ0n) is 23.0. The first-order chi connectivity index (χ1) is 19.0. The van der Waals surface area contributed by atoms with Crippen molar-refractivity contribution in [2.24, 2.45) is 0 Å². The van der Waals surface area contributed by atoms with E-state index in [-0.39, 0.29) is 6.04 Å². The summed E-state index contributed by atoms with van der Waals surface area (Å²) in [6, 6.07) is 39.7. The van der Waals surface area contributed by atoms with Gasteiger partial charge in [-0.3, -0.25) is 0 Å². The van der Waals surface area contributed by atoms with Crippen molar-refractivity contribution >= 4 is 21.5 Å². The van der Waals surface area contributed by atoms with Crippen molar-refractivity contribution in [1.29, 1.82) is 0 Å². The molecule has 0 saturated heterocycles. The Morgan fingerprint density at radius 2 is 1.00 bits per heavy atom. The third-order valence-corrected chi connectivity index (χ3v) is 9.01. The fraction of sp³-hybridized carbons (Fsp3) is 0.184. The minimum absolute atomic E-state index is 0.216. The SMILES string of the molecule is CC(C)c1ccc2cc3c(cc2c1)-c1cc(-c2ccccc2)cc2[n+]1C3c1cc3ccc(C(C)C)cc3cc1-2. The van der Waals surface area contributed by atoms with Crippen molar-refractivity contribution < 1.29 is 4.57 Å². The molecule has 0 aliphatic carbocycles. The van der Waals surface area contributed by atoms with Gasteiger partial charge in [0.1, 0.15) is 0 Å². The molecule has 0 unspecified atom stereocenters. The predicted octanol–water partition coefficient (Wildman–Crippen LogP) is 9.79. The zero-order chi connectivity index (χ0) is 26.4. The number of nitrogens with zero attached hydrogens (tertiary/aromatic N) is 1. The lowest BCUT2D eigenvalue weighted by Crippen LogP contribution is -2.36. The van der Waals surface area contributed by atoms with Crippen molar-refractivity contribution in [3.8, 4) is 33.6 Å². The van der Waals surface area contributed by atoms with Crippen LogP contribution in [0.2, 0.25) is 0 Å². The van der Waals surface area contributed by atoms with Crippen molar-refractivity contribution in [3.63, 3.8) is 0 Å². The Bertz CT molecular complexity index is 1840. The highest BCUT2D eigenvalue weighted by atomic mass is 15.1. The molecule has 0 radical (unpaired) electrons. The number of hydrogen-bond acceptors (Lipinski definition) is 0. The Labute approximate surface area is 230 Å². The minimum Gasteiger partial charge on any atom is -0.180 e. The van der Waals surface area contributed by atoms with Crippen LogP contribution in [-0.4, -0.2) is 0 Å². The van der Waals surface area contributed by atoms with E-state index < -0.39 is 0 Å². The highest BCUT2D eigenvalue weighted by molar-refractivity contribution is 5.94. The Morgan fingerprint density at radius 1 is 0.487 bits per heavy atom. The molecule has 1 heteroatoms. The summed E-state index contributed by atoms with van der Waals surface area (Å²) < 4.78 is 2.60. The second-order valence-electron chi connectivity index (χ2n) is 12.1. The first-order valence-corrected chi connectivity index (χ1v) is 14.3. The summed E-state index contributed by atoms with van der Waals surface area (Å²) in [5, 5.41) is 5.32. The molecule has 0 bridgehead atoms. The number of benzene rings is 5. The number of rotatable bonds is 3. The van der Waals surface area contributed by atoms with E-state index in [0.29, 0.717) is 11.8 Å². The van der Waals surface area contributed by atoms with Gasteiger partial charge in [0.25, 0.3) is 0 Å². The van der Waals surface area contributed by atoms with E-state index in [1.54, 1.807) is 0 Å². The van der Waals surface area contributed by atoms with E-state index in [1.165, 1.54) is 77.4 Å². The van der Waals surface area contributed by atoms with Crippen LogP contribution in [0.25, 0.3) is 55.2 Å². The summed E-state index contributed by atoms with van der Waals surface area (Å²) in [6.07, 6.45) is 0.